The lowest BCUT2D eigenvalue weighted by Crippen LogP contribution is -2.50. The first-order chi connectivity index (χ1) is 17.4. The fraction of sp³-hybridized carbons (Fsp3) is 0.304. The number of nitrogens with zero attached hydrogens (tertiary/aromatic N) is 3. The van der Waals surface area contributed by atoms with Crippen LogP contribution in [0.4, 0.5) is 11.4 Å². The minimum Gasteiger partial charge on any atom is -0.397 e. The summed E-state index contributed by atoms with van der Waals surface area (Å²) in [6.45, 7) is 0.791. The number of nitrogens with one attached hydrogen (secondary N) is 2. The lowest BCUT2D eigenvalue weighted by atomic mass is 10.1. The summed E-state index contributed by atoms with van der Waals surface area (Å²) in [5.74, 6) is 0.341. The van der Waals surface area contributed by atoms with E-state index in [9.17, 15) is 21.6 Å². The predicted molar refractivity (Wildman–Crippen MR) is 142 cm³/mol. The van der Waals surface area contributed by atoms with Gasteiger partial charge in [-0.15, -0.1) is 0 Å². The summed E-state index contributed by atoms with van der Waals surface area (Å²) in [6.07, 6.45) is 1.06. The van der Waals surface area contributed by atoms with Crippen molar-refractivity contribution in [2.45, 2.75) is 6.10 Å². The van der Waals surface area contributed by atoms with E-state index in [4.69, 9.17) is 10.5 Å². The van der Waals surface area contributed by atoms with Gasteiger partial charge in [-0.2, -0.15) is 0 Å². The Bertz CT molecular complexity index is 1750. The highest BCUT2D eigenvalue weighted by Crippen LogP contribution is 2.30. The smallest absolute Gasteiger partial charge is 0.261 e. The fourth-order valence-corrected chi connectivity index (χ4v) is 7.41. The number of anilines is 2. The number of rotatable bonds is 6. The summed E-state index contributed by atoms with van der Waals surface area (Å²) < 4.78 is 54.2. The molecular formula is C23H26N6O6S2. The van der Waals surface area contributed by atoms with E-state index in [0.29, 0.717) is 44.9 Å². The SMILES string of the molecule is CS(=O)(=O)N(CC1CN(c2ccc3nc(-c4c(N)c5ccccc5[nH]c4=O)[nH]c3c2)CCO1)S(C)(=O)=O. The summed E-state index contributed by atoms with van der Waals surface area (Å²) in [5, 5.41) is 0.717. The second kappa shape index (κ2) is 9.13. The molecule has 1 unspecified atom stereocenters. The molecule has 12 nitrogen and oxygen atoms in total. The number of para-hydroxylation sites is 1. The standard InChI is InChI=1S/C23H26N6O6S2/c1-36(31,32)29(37(2,33)34)13-15-12-28(9-10-35-15)14-7-8-18-19(11-14)26-22(25-18)20-21(24)16-5-3-4-6-17(16)27-23(20)30/h3-8,11,15H,9-10,12-13H2,1-2H3,(H,25,26)(H3,24,27,30). The maximum absolute atomic E-state index is 12.8. The van der Waals surface area contributed by atoms with E-state index in [2.05, 4.69) is 15.0 Å². The Morgan fingerprint density at radius 1 is 1.08 bits per heavy atom. The van der Waals surface area contributed by atoms with Gasteiger partial charge >= 0.3 is 0 Å². The quantitative estimate of drug-likeness (QED) is 0.320. The molecule has 5 rings (SSSR count). The van der Waals surface area contributed by atoms with Crippen LogP contribution < -0.4 is 16.2 Å². The lowest BCUT2D eigenvalue weighted by molar-refractivity contribution is 0.0368. The molecule has 196 valence electrons. The average molecular weight is 547 g/mol. The highest BCUT2D eigenvalue weighted by atomic mass is 32.3. The largest absolute Gasteiger partial charge is 0.397 e. The second-order valence-corrected chi connectivity index (χ2v) is 13.0. The highest BCUT2D eigenvalue weighted by molar-refractivity contribution is 8.03. The van der Waals surface area contributed by atoms with Gasteiger partial charge in [0.15, 0.2) is 0 Å². The van der Waals surface area contributed by atoms with Crippen molar-refractivity contribution >= 4 is 53.4 Å². The molecule has 1 aliphatic rings. The summed E-state index contributed by atoms with van der Waals surface area (Å²) in [6, 6.07) is 12.8. The molecule has 1 atom stereocenters. The summed E-state index contributed by atoms with van der Waals surface area (Å²) >= 11 is 0. The van der Waals surface area contributed by atoms with Crippen LogP contribution in [0.3, 0.4) is 0 Å². The lowest BCUT2D eigenvalue weighted by Gasteiger charge is -2.36. The van der Waals surface area contributed by atoms with Crippen LogP contribution in [-0.2, 0) is 24.8 Å². The molecule has 0 saturated carbocycles. The Morgan fingerprint density at radius 3 is 2.54 bits per heavy atom. The zero-order chi connectivity index (χ0) is 26.5. The van der Waals surface area contributed by atoms with Crippen LogP contribution in [0.25, 0.3) is 33.3 Å². The molecule has 1 aliphatic heterocycles. The van der Waals surface area contributed by atoms with Crippen LogP contribution in [-0.4, -0.2) is 80.4 Å². The zero-order valence-corrected chi connectivity index (χ0v) is 21.8. The molecule has 1 saturated heterocycles. The van der Waals surface area contributed by atoms with Gasteiger partial charge in [0.2, 0.25) is 20.0 Å². The highest BCUT2D eigenvalue weighted by Gasteiger charge is 2.32. The number of H-pyrrole nitrogens is 2. The van der Waals surface area contributed by atoms with Crippen LogP contribution >= 0.6 is 0 Å². The van der Waals surface area contributed by atoms with Gasteiger partial charge in [-0.25, -0.2) is 21.8 Å². The molecular weight excluding hydrogens is 520 g/mol. The first kappa shape index (κ1) is 25.2. The number of aromatic amines is 2. The van der Waals surface area contributed by atoms with Crippen molar-refractivity contribution in [1.82, 2.24) is 18.7 Å². The number of benzene rings is 2. The number of morpholine rings is 1. The van der Waals surface area contributed by atoms with E-state index in [1.54, 1.807) is 12.1 Å². The third-order valence-corrected chi connectivity index (χ3v) is 9.66. The van der Waals surface area contributed by atoms with Gasteiger partial charge in [-0.1, -0.05) is 21.9 Å². The number of imidazole rings is 1. The van der Waals surface area contributed by atoms with Crippen molar-refractivity contribution in [2.75, 3.05) is 49.4 Å². The van der Waals surface area contributed by atoms with Crippen LogP contribution in [0, 0.1) is 0 Å². The number of nitrogen functional groups attached to an aromatic ring is 1. The van der Waals surface area contributed by atoms with Crippen LogP contribution in [0.2, 0.25) is 0 Å². The molecule has 0 amide bonds. The number of fused-ring (bicyclic) bond motifs is 2. The predicted octanol–water partition coefficient (Wildman–Crippen LogP) is 1.08. The molecule has 0 aliphatic carbocycles. The molecule has 4 N–H and O–H groups in total. The van der Waals surface area contributed by atoms with E-state index >= 15 is 0 Å². The number of sulfonamides is 2. The molecule has 4 aromatic rings. The second-order valence-electron chi connectivity index (χ2n) is 9.00. The van der Waals surface area contributed by atoms with E-state index in [1.165, 1.54) is 0 Å². The number of aromatic nitrogens is 3. The summed E-state index contributed by atoms with van der Waals surface area (Å²) in [5.41, 5.74) is 9.33. The first-order valence-electron chi connectivity index (χ1n) is 11.4. The Morgan fingerprint density at radius 2 is 1.81 bits per heavy atom. The minimum absolute atomic E-state index is 0.254. The third-order valence-electron chi connectivity index (χ3n) is 6.26. The summed E-state index contributed by atoms with van der Waals surface area (Å²) in [4.78, 5) is 25.4. The van der Waals surface area contributed by atoms with E-state index in [0.717, 1.165) is 23.6 Å². The Hall–Kier alpha value is -3.46. The van der Waals surface area contributed by atoms with Gasteiger partial charge < -0.3 is 25.3 Å². The van der Waals surface area contributed by atoms with Gasteiger partial charge in [0, 0.05) is 24.2 Å². The van der Waals surface area contributed by atoms with Crippen molar-refractivity contribution in [3.63, 3.8) is 0 Å². The molecule has 0 bridgehead atoms. The average Bonchev–Trinajstić information content (AvgIpc) is 3.24. The van der Waals surface area contributed by atoms with Gasteiger partial charge in [0.1, 0.15) is 11.4 Å². The summed E-state index contributed by atoms with van der Waals surface area (Å²) in [7, 11) is -7.96. The maximum Gasteiger partial charge on any atom is 0.261 e. The zero-order valence-electron chi connectivity index (χ0n) is 20.1. The van der Waals surface area contributed by atoms with Crippen molar-refractivity contribution < 1.29 is 21.6 Å². The molecule has 2 aromatic heterocycles. The molecule has 14 heteroatoms. The number of nitrogens with two attached hydrogens (primary N) is 1. The molecule has 37 heavy (non-hydrogen) atoms. The third kappa shape index (κ3) is 4.92. The van der Waals surface area contributed by atoms with E-state index in [1.807, 2.05) is 35.2 Å². The van der Waals surface area contributed by atoms with Crippen LogP contribution in [0.5, 0.6) is 0 Å². The number of pyridine rings is 1. The van der Waals surface area contributed by atoms with E-state index in [-0.39, 0.29) is 24.2 Å². The van der Waals surface area contributed by atoms with Crippen molar-refractivity contribution in [3.05, 3.63) is 52.8 Å². The molecule has 0 spiro atoms. The number of hydrogen-bond acceptors (Lipinski definition) is 9. The van der Waals surface area contributed by atoms with Crippen molar-refractivity contribution in [3.8, 4) is 11.4 Å². The Balaban J connectivity index is 1.44. The minimum atomic E-state index is -3.98. The topological polar surface area (TPSA) is 172 Å². The molecule has 0 radical (unpaired) electrons. The van der Waals surface area contributed by atoms with Crippen LogP contribution in [0.1, 0.15) is 0 Å². The van der Waals surface area contributed by atoms with Gasteiger partial charge in [0.05, 0.1) is 54.0 Å². The maximum atomic E-state index is 12.8. The van der Waals surface area contributed by atoms with Gasteiger partial charge in [0.25, 0.3) is 5.56 Å². The van der Waals surface area contributed by atoms with Crippen LogP contribution in [0.15, 0.2) is 47.3 Å². The Labute approximate surface area is 213 Å². The normalized spacial score (nSPS) is 17.2. The molecule has 2 aromatic carbocycles. The van der Waals surface area contributed by atoms with Gasteiger partial charge in [-0.05, 0) is 24.3 Å². The molecule has 1 fully saturated rings. The van der Waals surface area contributed by atoms with Crippen molar-refractivity contribution in [2.24, 2.45) is 0 Å². The monoisotopic (exact) mass is 546 g/mol. The number of hydrogen-bond donors (Lipinski definition) is 3. The number of ether oxygens (including phenoxy) is 1. The van der Waals surface area contributed by atoms with Crippen molar-refractivity contribution in [1.29, 1.82) is 0 Å². The first-order valence-corrected chi connectivity index (χ1v) is 15.1. The molecule has 3 heterocycles. The van der Waals surface area contributed by atoms with E-state index < -0.39 is 26.2 Å². The van der Waals surface area contributed by atoms with Gasteiger partial charge in [-0.3, -0.25) is 4.79 Å². The fourth-order valence-electron chi connectivity index (χ4n) is 4.56. The Kier molecular flexibility index (Phi) is 6.22.